The fourth-order valence-electron chi connectivity index (χ4n) is 2.93. The molecule has 1 amide bonds. The molecule has 1 aromatic rings. The predicted octanol–water partition coefficient (Wildman–Crippen LogP) is 1.02. The number of amides is 1. The first-order chi connectivity index (χ1) is 13.0. The molecule has 142 valence electrons. The van der Waals surface area contributed by atoms with E-state index in [1.54, 1.807) is 17.3 Å². The van der Waals surface area contributed by atoms with Crippen LogP contribution in [0.5, 0.6) is 5.75 Å². The Hall–Kier alpha value is -3.01. The SMILES string of the molecule is O=C1NCC(C(F)F)Oc2ccc(F)cc2CN=C2C=CN3NCC1=C3N2. The number of hydrogen-bond acceptors (Lipinski definition) is 6. The maximum atomic E-state index is 13.6. The number of amidine groups is 1. The number of fused-ring (bicyclic) bond motifs is 2. The first-order valence-electron chi connectivity index (χ1n) is 8.28. The summed E-state index contributed by atoms with van der Waals surface area (Å²) in [5.41, 5.74) is 3.67. The summed E-state index contributed by atoms with van der Waals surface area (Å²) in [6, 6.07) is 3.61. The Bertz CT molecular complexity index is 868. The van der Waals surface area contributed by atoms with Crippen molar-refractivity contribution in [2.45, 2.75) is 19.1 Å². The van der Waals surface area contributed by atoms with E-state index in [0.717, 1.165) is 6.07 Å². The molecule has 3 N–H and O–H groups in total. The average molecular weight is 379 g/mol. The summed E-state index contributed by atoms with van der Waals surface area (Å²) in [5, 5.41) is 7.12. The molecule has 1 unspecified atom stereocenters. The van der Waals surface area contributed by atoms with Crippen LogP contribution in [0.1, 0.15) is 5.56 Å². The highest BCUT2D eigenvalue weighted by atomic mass is 19.3. The molecule has 3 heterocycles. The molecule has 0 aromatic heterocycles. The first-order valence-corrected chi connectivity index (χ1v) is 8.28. The van der Waals surface area contributed by atoms with Crippen molar-refractivity contribution in [3.8, 4) is 5.75 Å². The number of aliphatic imine (C=N–C) groups is 1. The summed E-state index contributed by atoms with van der Waals surface area (Å²) in [4.78, 5) is 16.8. The minimum absolute atomic E-state index is 0.0210. The van der Waals surface area contributed by atoms with Gasteiger partial charge in [-0.3, -0.25) is 14.8 Å². The van der Waals surface area contributed by atoms with Crippen LogP contribution < -0.4 is 20.8 Å². The fourth-order valence-corrected chi connectivity index (χ4v) is 2.93. The van der Waals surface area contributed by atoms with E-state index in [-0.39, 0.29) is 18.8 Å². The monoisotopic (exact) mass is 379 g/mol. The number of ether oxygens (including phenoxy) is 1. The van der Waals surface area contributed by atoms with Gasteiger partial charge in [-0.25, -0.2) is 18.6 Å². The third-order valence-corrected chi connectivity index (χ3v) is 4.32. The van der Waals surface area contributed by atoms with Gasteiger partial charge in [-0.2, -0.15) is 0 Å². The quantitative estimate of drug-likeness (QED) is 0.679. The summed E-state index contributed by atoms with van der Waals surface area (Å²) in [6.07, 6.45) is -1.04. The molecule has 0 radical (unpaired) electrons. The third-order valence-electron chi connectivity index (χ3n) is 4.32. The van der Waals surface area contributed by atoms with Gasteiger partial charge in [0.1, 0.15) is 23.2 Å². The Balaban J connectivity index is 1.75. The van der Waals surface area contributed by atoms with Crippen LogP contribution in [0.15, 0.2) is 46.9 Å². The number of halogens is 3. The van der Waals surface area contributed by atoms with Crippen LogP contribution in [0.3, 0.4) is 0 Å². The van der Waals surface area contributed by atoms with Crippen LogP contribution in [-0.4, -0.2) is 42.4 Å². The van der Waals surface area contributed by atoms with E-state index in [1.165, 1.54) is 12.1 Å². The predicted molar refractivity (Wildman–Crippen MR) is 90.1 cm³/mol. The molecule has 0 fully saturated rings. The largest absolute Gasteiger partial charge is 0.482 e. The molecule has 0 saturated carbocycles. The zero-order chi connectivity index (χ0) is 19.0. The number of nitrogens with zero attached hydrogens (tertiary/aromatic N) is 2. The molecule has 0 spiro atoms. The Morgan fingerprint density at radius 2 is 2.19 bits per heavy atom. The number of carbonyl (C=O) groups is 1. The van der Waals surface area contributed by atoms with Crippen molar-refractivity contribution < 1.29 is 22.7 Å². The van der Waals surface area contributed by atoms with Gasteiger partial charge in [-0.15, -0.1) is 0 Å². The lowest BCUT2D eigenvalue weighted by molar-refractivity contribution is -0.118. The van der Waals surface area contributed by atoms with Crippen molar-refractivity contribution in [3.63, 3.8) is 0 Å². The normalized spacial score (nSPS) is 22.1. The lowest BCUT2D eigenvalue weighted by Gasteiger charge is -2.23. The van der Waals surface area contributed by atoms with Crippen LogP contribution in [0, 0.1) is 5.82 Å². The highest BCUT2D eigenvalue weighted by Crippen LogP contribution is 2.24. The molecule has 3 aliphatic heterocycles. The second-order valence-electron chi connectivity index (χ2n) is 6.13. The van der Waals surface area contributed by atoms with Crippen molar-refractivity contribution in [1.82, 2.24) is 21.1 Å². The molecular formula is C17H16F3N5O2. The van der Waals surface area contributed by atoms with Gasteiger partial charge in [0.25, 0.3) is 12.3 Å². The Morgan fingerprint density at radius 1 is 1.33 bits per heavy atom. The van der Waals surface area contributed by atoms with Gasteiger partial charge in [0.2, 0.25) is 0 Å². The number of nitrogens with one attached hydrogen (secondary N) is 3. The zero-order valence-electron chi connectivity index (χ0n) is 14.0. The van der Waals surface area contributed by atoms with Crippen molar-refractivity contribution in [2.24, 2.45) is 4.99 Å². The molecule has 27 heavy (non-hydrogen) atoms. The van der Waals surface area contributed by atoms with Crippen LogP contribution in [-0.2, 0) is 11.3 Å². The highest BCUT2D eigenvalue weighted by Gasteiger charge is 2.31. The van der Waals surface area contributed by atoms with E-state index in [2.05, 4.69) is 21.1 Å². The number of hydrazine groups is 1. The minimum Gasteiger partial charge on any atom is -0.482 e. The van der Waals surface area contributed by atoms with Crippen molar-refractivity contribution in [2.75, 3.05) is 13.1 Å². The molecule has 1 aromatic carbocycles. The second-order valence-corrected chi connectivity index (χ2v) is 6.13. The smallest absolute Gasteiger partial charge is 0.276 e. The van der Waals surface area contributed by atoms with E-state index in [9.17, 15) is 18.0 Å². The van der Waals surface area contributed by atoms with Crippen molar-refractivity contribution >= 4 is 11.7 Å². The van der Waals surface area contributed by atoms with Crippen LogP contribution in [0.4, 0.5) is 13.2 Å². The minimum atomic E-state index is -2.84. The molecule has 10 heteroatoms. The molecule has 1 atom stereocenters. The summed E-state index contributed by atoms with van der Waals surface area (Å²) < 4.78 is 45.8. The second kappa shape index (κ2) is 6.95. The molecule has 3 aliphatic rings. The van der Waals surface area contributed by atoms with E-state index >= 15 is 0 Å². The molecule has 0 aliphatic carbocycles. The van der Waals surface area contributed by atoms with Gasteiger partial charge in [0.15, 0.2) is 6.10 Å². The lowest BCUT2D eigenvalue weighted by Crippen LogP contribution is -2.41. The first kappa shape index (κ1) is 17.4. The van der Waals surface area contributed by atoms with E-state index < -0.39 is 30.8 Å². The third kappa shape index (κ3) is 3.47. The van der Waals surface area contributed by atoms with Crippen molar-refractivity contribution in [3.05, 3.63) is 53.2 Å². The molecule has 4 rings (SSSR count). The van der Waals surface area contributed by atoms with Crippen LogP contribution in [0.2, 0.25) is 0 Å². The Morgan fingerprint density at radius 3 is 3.00 bits per heavy atom. The highest BCUT2D eigenvalue weighted by molar-refractivity contribution is 5.99. The average Bonchev–Trinajstić information content (AvgIpc) is 3.07. The maximum Gasteiger partial charge on any atom is 0.276 e. The summed E-state index contributed by atoms with van der Waals surface area (Å²) in [5.74, 6) is 0.0160. The lowest BCUT2D eigenvalue weighted by atomic mass is 10.2. The van der Waals surface area contributed by atoms with E-state index in [0.29, 0.717) is 22.8 Å². The van der Waals surface area contributed by atoms with Gasteiger partial charge in [0, 0.05) is 18.3 Å². The number of hydrogen-bond donors (Lipinski definition) is 3. The summed E-state index contributed by atoms with van der Waals surface area (Å²) >= 11 is 0. The topological polar surface area (TPSA) is 78.0 Å². The molecule has 0 saturated heterocycles. The number of alkyl halides is 2. The van der Waals surface area contributed by atoms with Gasteiger partial charge in [-0.1, -0.05) is 0 Å². The number of rotatable bonds is 1. The molecular weight excluding hydrogens is 363 g/mol. The van der Waals surface area contributed by atoms with Crippen molar-refractivity contribution in [1.29, 1.82) is 0 Å². The van der Waals surface area contributed by atoms with Gasteiger partial charge in [0.05, 0.1) is 18.7 Å². The number of benzene rings is 1. The van der Waals surface area contributed by atoms with E-state index in [1.807, 2.05) is 0 Å². The number of carbonyl (C=O) groups excluding carboxylic acids is 1. The van der Waals surface area contributed by atoms with Gasteiger partial charge >= 0.3 is 0 Å². The standard InChI is InChI=1S/C17H16F3N5O2/c18-10-1-2-12-9(5-10)6-21-14-3-4-25-16(24-14)11(7-23-25)17(26)22-8-13(27-12)15(19)20/h1-5,13,15,23H,6-8H2,(H,21,24)(H,22,26). The Kier molecular flexibility index (Phi) is 4.48. The fraction of sp³-hybridized carbons (Fsp3) is 0.294. The maximum absolute atomic E-state index is 13.6. The molecule has 2 bridgehead atoms. The Labute approximate surface area is 152 Å². The zero-order valence-corrected chi connectivity index (χ0v) is 14.0. The molecule has 7 nitrogen and oxygen atoms in total. The van der Waals surface area contributed by atoms with E-state index in [4.69, 9.17) is 4.74 Å². The summed E-state index contributed by atoms with van der Waals surface area (Å²) in [6.45, 7) is -0.141. The summed E-state index contributed by atoms with van der Waals surface area (Å²) in [7, 11) is 0. The van der Waals surface area contributed by atoms with Crippen LogP contribution >= 0.6 is 0 Å². The van der Waals surface area contributed by atoms with Gasteiger partial charge < -0.3 is 15.4 Å². The van der Waals surface area contributed by atoms with Gasteiger partial charge in [-0.05, 0) is 24.3 Å². The van der Waals surface area contributed by atoms with Crippen LogP contribution in [0.25, 0.3) is 0 Å².